The molecule has 0 aliphatic rings. The van der Waals surface area contributed by atoms with Crippen molar-refractivity contribution in [3.05, 3.63) is 193 Å². The molecule has 0 saturated carbocycles. The number of nitriles is 2. The van der Waals surface area contributed by atoms with Crippen LogP contribution in [0.1, 0.15) is 11.1 Å². The molecule has 0 spiro atoms. The first-order valence-corrected chi connectivity index (χ1v) is 18.0. The number of fused-ring (bicyclic) bond motifs is 6. The van der Waals surface area contributed by atoms with Crippen LogP contribution in [-0.4, -0.2) is 9.13 Å². The fraction of sp³-hybridized carbons (Fsp3) is 0. The molecule has 4 nitrogen and oxygen atoms in total. The van der Waals surface area contributed by atoms with Crippen LogP contribution in [0.15, 0.2) is 182 Å². The molecular formula is C50H30N4. The van der Waals surface area contributed by atoms with E-state index in [2.05, 4.69) is 179 Å². The van der Waals surface area contributed by atoms with Crippen LogP contribution < -0.4 is 0 Å². The fourth-order valence-electron chi connectivity index (χ4n) is 8.02. The third kappa shape index (κ3) is 4.98. The molecule has 0 aliphatic carbocycles. The average molecular weight is 687 g/mol. The van der Waals surface area contributed by atoms with Crippen molar-refractivity contribution in [1.29, 1.82) is 10.5 Å². The Labute approximate surface area is 312 Å². The van der Waals surface area contributed by atoms with E-state index < -0.39 is 0 Å². The van der Waals surface area contributed by atoms with E-state index >= 15 is 0 Å². The monoisotopic (exact) mass is 686 g/mol. The maximum Gasteiger partial charge on any atom is 0.101 e. The van der Waals surface area contributed by atoms with E-state index in [1.165, 1.54) is 21.9 Å². The average Bonchev–Trinajstić information content (AvgIpc) is 3.75. The number of hydrogen-bond donors (Lipinski definition) is 0. The molecule has 0 amide bonds. The van der Waals surface area contributed by atoms with Crippen molar-refractivity contribution in [3.63, 3.8) is 0 Å². The summed E-state index contributed by atoms with van der Waals surface area (Å²) in [4.78, 5) is 0. The number of nitrogens with zero attached hydrogens (tertiary/aromatic N) is 4. The Bertz CT molecular complexity index is 3160. The third-order valence-corrected chi connectivity index (χ3v) is 10.6. The van der Waals surface area contributed by atoms with Gasteiger partial charge in [0.25, 0.3) is 0 Å². The second-order valence-corrected chi connectivity index (χ2v) is 13.6. The minimum atomic E-state index is 0.509. The van der Waals surface area contributed by atoms with Gasteiger partial charge in [-0.05, 0) is 106 Å². The van der Waals surface area contributed by atoms with Gasteiger partial charge in [0.15, 0.2) is 0 Å². The summed E-state index contributed by atoms with van der Waals surface area (Å²) < 4.78 is 4.49. The van der Waals surface area contributed by atoms with Crippen LogP contribution in [0.5, 0.6) is 0 Å². The number of benzene rings is 8. The molecule has 0 fully saturated rings. The second-order valence-electron chi connectivity index (χ2n) is 13.6. The largest absolute Gasteiger partial charge is 0.309 e. The lowest BCUT2D eigenvalue weighted by Gasteiger charge is -2.11. The highest BCUT2D eigenvalue weighted by atomic mass is 15.0. The molecule has 250 valence electrons. The van der Waals surface area contributed by atoms with Gasteiger partial charge in [-0.2, -0.15) is 10.5 Å². The van der Waals surface area contributed by atoms with Crippen LogP contribution >= 0.6 is 0 Å². The van der Waals surface area contributed by atoms with E-state index in [-0.39, 0.29) is 0 Å². The summed E-state index contributed by atoms with van der Waals surface area (Å²) in [5.74, 6) is 0. The highest BCUT2D eigenvalue weighted by molar-refractivity contribution is 6.13. The van der Waals surface area contributed by atoms with Gasteiger partial charge in [0.05, 0.1) is 45.0 Å². The van der Waals surface area contributed by atoms with Gasteiger partial charge in [0.1, 0.15) is 6.07 Å². The van der Waals surface area contributed by atoms with Crippen LogP contribution in [0.25, 0.3) is 88.4 Å². The molecule has 0 saturated heterocycles. The van der Waals surface area contributed by atoms with Crippen LogP contribution in [-0.2, 0) is 0 Å². The zero-order valence-electron chi connectivity index (χ0n) is 29.1. The molecule has 2 heterocycles. The molecule has 0 aliphatic heterocycles. The minimum absolute atomic E-state index is 0.509. The van der Waals surface area contributed by atoms with E-state index in [9.17, 15) is 10.5 Å². The van der Waals surface area contributed by atoms with Crippen molar-refractivity contribution >= 4 is 43.6 Å². The Morgan fingerprint density at radius 3 is 1.37 bits per heavy atom. The molecule has 4 heteroatoms. The summed E-state index contributed by atoms with van der Waals surface area (Å²) >= 11 is 0. The first-order chi connectivity index (χ1) is 26.7. The summed E-state index contributed by atoms with van der Waals surface area (Å²) in [6.07, 6.45) is 0. The molecule has 2 aromatic heterocycles. The first kappa shape index (κ1) is 31.1. The molecular weight excluding hydrogens is 657 g/mol. The number of aromatic nitrogens is 2. The van der Waals surface area contributed by atoms with Crippen molar-refractivity contribution < 1.29 is 0 Å². The Balaban J connectivity index is 1.22. The van der Waals surface area contributed by atoms with Gasteiger partial charge in [0, 0.05) is 27.2 Å². The molecule has 0 bridgehead atoms. The minimum Gasteiger partial charge on any atom is -0.309 e. The highest BCUT2D eigenvalue weighted by Gasteiger charge is 2.19. The van der Waals surface area contributed by atoms with Crippen LogP contribution in [0, 0.1) is 22.7 Å². The van der Waals surface area contributed by atoms with Crippen molar-refractivity contribution in [3.8, 4) is 56.9 Å². The van der Waals surface area contributed by atoms with Crippen LogP contribution in [0.4, 0.5) is 0 Å². The van der Waals surface area contributed by atoms with E-state index in [0.29, 0.717) is 16.8 Å². The Morgan fingerprint density at radius 2 is 0.815 bits per heavy atom. The summed E-state index contributed by atoms with van der Waals surface area (Å²) in [7, 11) is 0. The summed E-state index contributed by atoms with van der Waals surface area (Å²) in [5.41, 5.74) is 13.9. The lowest BCUT2D eigenvalue weighted by atomic mass is 9.99. The predicted octanol–water partition coefficient (Wildman–Crippen LogP) is 12.6. The Morgan fingerprint density at radius 1 is 0.333 bits per heavy atom. The van der Waals surface area contributed by atoms with Crippen molar-refractivity contribution in [2.24, 2.45) is 0 Å². The van der Waals surface area contributed by atoms with Gasteiger partial charge >= 0.3 is 0 Å². The summed E-state index contributed by atoms with van der Waals surface area (Å²) in [5, 5.41) is 24.5. The maximum absolute atomic E-state index is 10.2. The summed E-state index contributed by atoms with van der Waals surface area (Å²) in [6, 6.07) is 68.1. The van der Waals surface area contributed by atoms with Crippen molar-refractivity contribution in [2.75, 3.05) is 0 Å². The molecule has 0 atom stereocenters. The first-order valence-electron chi connectivity index (χ1n) is 18.0. The van der Waals surface area contributed by atoms with E-state index in [1.807, 2.05) is 12.1 Å². The van der Waals surface area contributed by atoms with Gasteiger partial charge in [-0.25, -0.2) is 0 Å². The zero-order chi connectivity index (χ0) is 36.2. The standard InChI is InChI=1S/C50H30N4/c51-31-33-16-17-40(32-52)49(26-33)54-47-24-20-37(35-12-6-2-7-13-35)28-44(47)45-29-38(21-25-48(45)54)39-18-22-42-43-27-36(34-10-4-1-5-11-34)19-23-46(43)53(50(42)30-39)41-14-8-3-9-15-41/h1-30H. The van der Waals surface area contributed by atoms with Crippen LogP contribution in [0.3, 0.4) is 0 Å². The molecule has 10 aromatic rings. The molecule has 54 heavy (non-hydrogen) atoms. The lowest BCUT2D eigenvalue weighted by Crippen LogP contribution is -1.98. The van der Waals surface area contributed by atoms with Gasteiger partial charge < -0.3 is 9.13 Å². The summed E-state index contributed by atoms with van der Waals surface area (Å²) in [6.45, 7) is 0. The Kier molecular flexibility index (Phi) is 7.22. The zero-order valence-corrected chi connectivity index (χ0v) is 29.1. The third-order valence-electron chi connectivity index (χ3n) is 10.6. The fourth-order valence-corrected chi connectivity index (χ4v) is 8.02. The van der Waals surface area contributed by atoms with Gasteiger partial charge in [-0.3, -0.25) is 0 Å². The smallest absolute Gasteiger partial charge is 0.101 e. The van der Waals surface area contributed by atoms with Crippen molar-refractivity contribution in [2.45, 2.75) is 0 Å². The molecule has 0 radical (unpaired) electrons. The normalized spacial score (nSPS) is 11.3. The Hall–Kier alpha value is -7.66. The number of rotatable bonds is 5. The molecule has 8 aromatic carbocycles. The highest BCUT2D eigenvalue weighted by Crippen LogP contribution is 2.40. The van der Waals surface area contributed by atoms with Gasteiger partial charge in [0.2, 0.25) is 0 Å². The lowest BCUT2D eigenvalue weighted by molar-refractivity contribution is 1.16. The van der Waals surface area contributed by atoms with E-state index in [1.54, 1.807) is 12.1 Å². The van der Waals surface area contributed by atoms with Gasteiger partial charge in [-0.15, -0.1) is 0 Å². The van der Waals surface area contributed by atoms with Crippen LogP contribution in [0.2, 0.25) is 0 Å². The SMILES string of the molecule is N#Cc1ccc(C#N)c(-n2c3ccc(-c4ccccc4)cc3c3cc(-c4ccc5c6cc(-c7ccccc7)ccc6n(-c6ccccc6)c5c4)ccc32)c1. The molecule has 0 N–H and O–H groups in total. The molecule has 10 rings (SSSR count). The topological polar surface area (TPSA) is 57.4 Å². The second kappa shape index (κ2) is 12.5. The quantitative estimate of drug-likeness (QED) is 0.181. The van der Waals surface area contributed by atoms with Crippen molar-refractivity contribution in [1.82, 2.24) is 9.13 Å². The maximum atomic E-state index is 10.2. The van der Waals surface area contributed by atoms with Gasteiger partial charge in [-0.1, -0.05) is 109 Å². The van der Waals surface area contributed by atoms with E-state index in [4.69, 9.17) is 0 Å². The molecule has 0 unspecified atom stereocenters. The number of para-hydroxylation sites is 1. The number of hydrogen-bond acceptors (Lipinski definition) is 2. The van der Waals surface area contributed by atoms with E-state index in [0.717, 1.165) is 60.8 Å². The predicted molar refractivity (Wildman–Crippen MR) is 221 cm³/mol.